The first kappa shape index (κ1) is 15.9. The number of aryl methyl sites for hydroxylation is 3. The fraction of sp³-hybridized carbons (Fsp3) is 0.333. The third-order valence-electron chi connectivity index (χ3n) is 3.83. The first-order valence-corrected chi connectivity index (χ1v) is 7.44. The maximum atomic E-state index is 6.45. The van der Waals surface area contributed by atoms with Crippen molar-refractivity contribution < 1.29 is 4.74 Å². The van der Waals surface area contributed by atoms with Crippen molar-refractivity contribution in [1.82, 2.24) is 5.32 Å². The van der Waals surface area contributed by atoms with Crippen molar-refractivity contribution in [3.63, 3.8) is 0 Å². The fourth-order valence-corrected chi connectivity index (χ4v) is 3.25. The number of rotatable bonds is 4. The minimum absolute atomic E-state index is 0.0732. The summed E-state index contributed by atoms with van der Waals surface area (Å²) in [6, 6.07) is 10.3. The van der Waals surface area contributed by atoms with E-state index in [1.807, 2.05) is 25.2 Å². The van der Waals surface area contributed by atoms with Crippen LogP contribution in [0.2, 0.25) is 5.02 Å². The standard InChI is InChI=1S/C18H22ClNO/c1-11-8-12(2)17(13(3)9-11)18(20-4)15-7-6-14(21-5)10-16(15)19/h6-10,18,20H,1-5H3. The highest BCUT2D eigenvalue weighted by atomic mass is 35.5. The second-order valence-corrected chi connectivity index (χ2v) is 5.83. The SMILES string of the molecule is CNC(c1ccc(OC)cc1Cl)c1c(C)cc(C)cc1C. The van der Waals surface area contributed by atoms with Crippen LogP contribution in [-0.4, -0.2) is 14.2 Å². The summed E-state index contributed by atoms with van der Waals surface area (Å²) in [6.07, 6.45) is 0. The van der Waals surface area contributed by atoms with Gasteiger partial charge in [0.2, 0.25) is 0 Å². The van der Waals surface area contributed by atoms with E-state index in [0.29, 0.717) is 5.02 Å². The molecule has 2 aromatic carbocycles. The quantitative estimate of drug-likeness (QED) is 0.892. The van der Waals surface area contributed by atoms with Gasteiger partial charge in [0.15, 0.2) is 0 Å². The van der Waals surface area contributed by atoms with E-state index in [4.69, 9.17) is 16.3 Å². The molecule has 0 saturated carbocycles. The smallest absolute Gasteiger partial charge is 0.120 e. The van der Waals surface area contributed by atoms with Crippen molar-refractivity contribution >= 4 is 11.6 Å². The predicted octanol–water partition coefficient (Wildman–Crippen LogP) is 4.58. The zero-order valence-corrected chi connectivity index (χ0v) is 14.0. The van der Waals surface area contributed by atoms with Gasteiger partial charge in [0.25, 0.3) is 0 Å². The van der Waals surface area contributed by atoms with Crippen LogP contribution in [-0.2, 0) is 0 Å². The molecule has 2 nitrogen and oxygen atoms in total. The zero-order valence-electron chi connectivity index (χ0n) is 13.3. The Kier molecular flexibility index (Phi) is 4.92. The van der Waals surface area contributed by atoms with E-state index in [0.717, 1.165) is 11.3 Å². The minimum Gasteiger partial charge on any atom is -0.497 e. The lowest BCUT2D eigenvalue weighted by molar-refractivity contribution is 0.414. The van der Waals surface area contributed by atoms with Gasteiger partial charge in [-0.15, -0.1) is 0 Å². The van der Waals surface area contributed by atoms with Crippen molar-refractivity contribution in [1.29, 1.82) is 0 Å². The Bertz CT molecular complexity index is 629. The van der Waals surface area contributed by atoms with E-state index in [1.165, 1.54) is 22.3 Å². The topological polar surface area (TPSA) is 21.3 Å². The first-order valence-electron chi connectivity index (χ1n) is 7.06. The molecule has 21 heavy (non-hydrogen) atoms. The molecule has 0 bridgehead atoms. The molecule has 0 aliphatic heterocycles. The number of hydrogen-bond acceptors (Lipinski definition) is 2. The molecule has 0 heterocycles. The summed E-state index contributed by atoms with van der Waals surface area (Å²) >= 11 is 6.45. The number of hydrogen-bond donors (Lipinski definition) is 1. The number of halogens is 1. The molecule has 0 fully saturated rings. The Morgan fingerprint density at radius 2 is 1.67 bits per heavy atom. The Hall–Kier alpha value is -1.51. The highest BCUT2D eigenvalue weighted by molar-refractivity contribution is 6.31. The van der Waals surface area contributed by atoms with E-state index >= 15 is 0 Å². The van der Waals surface area contributed by atoms with E-state index in [9.17, 15) is 0 Å². The van der Waals surface area contributed by atoms with Gasteiger partial charge < -0.3 is 10.1 Å². The van der Waals surface area contributed by atoms with Crippen LogP contribution in [0.4, 0.5) is 0 Å². The van der Waals surface area contributed by atoms with Crippen LogP contribution < -0.4 is 10.1 Å². The molecule has 0 aliphatic carbocycles. The first-order chi connectivity index (χ1) is 9.97. The van der Waals surface area contributed by atoms with E-state index in [1.54, 1.807) is 7.11 Å². The van der Waals surface area contributed by atoms with Gasteiger partial charge in [-0.25, -0.2) is 0 Å². The molecule has 1 atom stereocenters. The van der Waals surface area contributed by atoms with Crippen molar-refractivity contribution in [3.05, 3.63) is 63.2 Å². The Labute approximate surface area is 132 Å². The summed E-state index contributed by atoms with van der Waals surface area (Å²) in [5.74, 6) is 0.774. The number of ether oxygens (including phenoxy) is 1. The summed E-state index contributed by atoms with van der Waals surface area (Å²) in [7, 11) is 3.61. The maximum absolute atomic E-state index is 6.45. The Morgan fingerprint density at radius 1 is 1.05 bits per heavy atom. The Balaban J connectivity index is 2.55. The molecule has 0 aliphatic rings. The monoisotopic (exact) mass is 303 g/mol. The third kappa shape index (κ3) is 3.22. The van der Waals surface area contributed by atoms with Crippen molar-refractivity contribution in [2.24, 2.45) is 0 Å². The molecule has 3 heteroatoms. The van der Waals surface area contributed by atoms with E-state index in [2.05, 4.69) is 38.2 Å². The second-order valence-electron chi connectivity index (χ2n) is 5.42. The van der Waals surface area contributed by atoms with Gasteiger partial charge in [-0.3, -0.25) is 0 Å². The molecule has 1 N–H and O–H groups in total. The van der Waals surface area contributed by atoms with Crippen LogP contribution in [0.1, 0.15) is 33.9 Å². The van der Waals surface area contributed by atoms with E-state index in [-0.39, 0.29) is 6.04 Å². The van der Waals surface area contributed by atoms with Gasteiger partial charge in [0.1, 0.15) is 5.75 Å². The summed E-state index contributed by atoms with van der Waals surface area (Å²) in [5.41, 5.74) is 6.19. The average Bonchev–Trinajstić information content (AvgIpc) is 2.43. The molecular weight excluding hydrogens is 282 g/mol. The van der Waals surface area contributed by atoms with Gasteiger partial charge in [-0.2, -0.15) is 0 Å². The van der Waals surface area contributed by atoms with Crippen molar-refractivity contribution in [2.45, 2.75) is 26.8 Å². The van der Waals surface area contributed by atoms with Gasteiger partial charge in [0, 0.05) is 5.02 Å². The molecule has 0 spiro atoms. The Morgan fingerprint density at radius 3 is 2.14 bits per heavy atom. The minimum atomic E-state index is 0.0732. The molecule has 0 amide bonds. The van der Waals surface area contributed by atoms with Gasteiger partial charge in [-0.05, 0) is 62.2 Å². The van der Waals surface area contributed by atoms with Gasteiger partial charge in [0.05, 0.1) is 13.2 Å². The third-order valence-corrected chi connectivity index (χ3v) is 4.16. The number of nitrogens with one attached hydrogen (secondary N) is 1. The molecule has 112 valence electrons. The van der Waals surface area contributed by atoms with E-state index < -0.39 is 0 Å². The molecule has 2 aromatic rings. The maximum Gasteiger partial charge on any atom is 0.120 e. The normalized spacial score (nSPS) is 12.3. The van der Waals surface area contributed by atoms with Crippen LogP contribution in [0.3, 0.4) is 0 Å². The van der Waals surface area contributed by atoms with Gasteiger partial charge >= 0.3 is 0 Å². The molecular formula is C18H22ClNO. The second kappa shape index (κ2) is 6.50. The van der Waals surface area contributed by atoms with Crippen LogP contribution in [0.25, 0.3) is 0 Å². The van der Waals surface area contributed by atoms with Crippen molar-refractivity contribution in [2.75, 3.05) is 14.2 Å². The van der Waals surface area contributed by atoms with Crippen molar-refractivity contribution in [3.8, 4) is 5.75 Å². The molecule has 0 aromatic heterocycles. The highest BCUT2D eigenvalue weighted by Gasteiger charge is 2.19. The predicted molar refractivity (Wildman–Crippen MR) is 89.6 cm³/mol. The molecule has 0 radical (unpaired) electrons. The molecule has 2 rings (SSSR count). The van der Waals surface area contributed by atoms with Gasteiger partial charge in [-0.1, -0.05) is 35.4 Å². The zero-order chi connectivity index (χ0) is 15.6. The molecule has 1 unspecified atom stereocenters. The lowest BCUT2D eigenvalue weighted by atomic mass is 9.90. The number of benzene rings is 2. The molecule has 0 saturated heterocycles. The van der Waals surface area contributed by atoms with Crippen LogP contribution in [0.5, 0.6) is 5.75 Å². The van der Waals surface area contributed by atoms with Crippen LogP contribution in [0.15, 0.2) is 30.3 Å². The van der Waals surface area contributed by atoms with Crippen LogP contribution in [0, 0.1) is 20.8 Å². The largest absolute Gasteiger partial charge is 0.497 e. The summed E-state index contributed by atoms with van der Waals surface area (Å²) in [6.45, 7) is 6.42. The average molecular weight is 304 g/mol. The fourth-order valence-electron chi connectivity index (χ4n) is 2.97. The summed E-state index contributed by atoms with van der Waals surface area (Å²) < 4.78 is 5.23. The van der Waals surface area contributed by atoms with Crippen LogP contribution >= 0.6 is 11.6 Å². The lowest BCUT2D eigenvalue weighted by Gasteiger charge is -2.23. The highest BCUT2D eigenvalue weighted by Crippen LogP contribution is 2.34. The number of methoxy groups -OCH3 is 1. The lowest BCUT2D eigenvalue weighted by Crippen LogP contribution is -2.20. The summed E-state index contributed by atoms with van der Waals surface area (Å²) in [4.78, 5) is 0. The summed E-state index contributed by atoms with van der Waals surface area (Å²) in [5, 5.41) is 4.10.